The predicted octanol–water partition coefficient (Wildman–Crippen LogP) is 14.1. The third-order valence-corrected chi connectivity index (χ3v) is 10.0. The van der Waals surface area contributed by atoms with E-state index < -0.39 is 0 Å². The van der Waals surface area contributed by atoms with Crippen LogP contribution in [0, 0.1) is 5.41 Å². The zero-order valence-electron chi connectivity index (χ0n) is 34.7. The number of benzene rings is 8. The first-order valence-electron chi connectivity index (χ1n) is 20.5. The van der Waals surface area contributed by atoms with Gasteiger partial charge in [0, 0.05) is 23.6 Å². The van der Waals surface area contributed by atoms with Crippen molar-refractivity contribution in [3.63, 3.8) is 0 Å². The molecule has 1 heterocycles. The number of nitrogens with two attached hydrogens (primary N) is 1. The Labute approximate surface area is 355 Å². The van der Waals surface area contributed by atoms with Crippen LogP contribution in [0.4, 0.5) is 5.69 Å². The van der Waals surface area contributed by atoms with Crippen LogP contribution in [0.5, 0.6) is 0 Å². The molecule has 0 amide bonds. The van der Waals surface area contributed by atoms with Gasteiger partial charge in [-0.3, -0.25) is 4.99 Å². The van der Waals surface area contributed by atoms with Crippen molar-refractivity contribution in [1.82, 2.24) is 0 Å². The predicted molar refractivity (Wildman–Crippen MR) is 259 cm³/mol. The normalized spacial score (nSPS) is 11.7. The molecule has 0 fully saturated rings. The number of nitrogens with zero attached hydrogens (tertiary/aromatic N) is 2. The molecule has 1 aliphatic rings. The quantitative estimate of drug-likeness (QED) is 0.117. The van der Waals surface area contributed by atoms with Crippen LogP contribution in [-0.4, -0.2) is 24.8 Å². The topological polar surface area (TPSA) is 74.6 Å². The van der Waals surface area contributed by atoms with Crippen molar-refractivity contribution < 1.29 is 0 Å². The smallest absolute Gasteiger partial charge is 0.131 e. The first kappa shape index (κ1) is 42.2. The third kappa shape index (κ3) is 11.6. The average molecular weight is 781 g/mol. The van der Waals surface area contributed by atoms with Crippen LogP contribution < -0.4 is 5.73 Å². The van der Waals surface area contributed by atoms with Gasteiger partial charge in [-0.05, 0) is 86.3 Å². The Kier molecular flexibility index (Phi) is 15.4. The molecule has 4 heteroatoms. The minimum Gasteiger partial charge on any atom is -0.383 e. The molecular formula is C56H52N4. The summed E-state index contributed by atoms with van der Waals surface area (Å²) in [5, 5.41) is 9.71. The third-order valence-electron chi connectivity index (χ3n) is 10.0. The van der Waals surface area contributed by atoms with E-state index >= 15 is 0 Å². The molecule has 0 atom stereocenters. The Morgan fingerprint density at radius 1 is 0.550 bits per heavy atom. The second-order valence-electron chi connectivity index (χ2n) is 14.1. The fourth-order valence-corrected chi connectivity index (χ4v) is 6.82. The Bertz CT molecular complexity index is 2590. The van der Waals surface area contributed by atoms with Crippen LogP contribution in [0.25, 0.3) is 38.6 Å². The van der Waals surface area contributed by atoms with E-state index in [4.69, 9.17) is 16.1 Å². The monoisotopic (exact) mass is 780 g/mol. The number of hydrogen-bond acceptors (Lipinski definition) is 3. The molecule has 296 valence electrons. The van der Waals surface area contributed by atoms with Gasteiger partial charge < -0.3 is 11.1 Å². The molecule has 8 aromatic rings. The average Bonchev–Trinajstić information content (AvgIpc) is 3.76. The molecule has 3 N–H and O–H groups in total. The van der Waals surface area contributed by atoms with Crippen LogP contribution >= 0.6 is 0 Å². The first-order valence-corrected chi connectivity index (χ1v) is 20.5. The molecule has 0 spiro atoms. The van der Waals surface area contributed by atoms with E-state index in [1.54, 1.807) is 0 Å². The number of hydrogen-bond donors (Lipinski definition) is 2. The van der Waals surface area contributed by atoms with E-state index in [2.05, 4.69) is 145 Å². The van der Waals surface area contributed by atoms with E-state index in [0.29, 0.717) is 5.84 Å². The van der Waals surface area contributed by atoms with E-state index in [-0.39, 0.29) is 0 Å². The van der Waals surface area contributed by atoms with Gasteiger partial charge in [-0.25, -0.2) is 4.99 Å². The summed E-state index contributed by atoms with van der Waals surface area (Å²) in [6.45, 7) is 6.86. The molecule has 0 radical (unpaired) electrons. The lowest BCUT2D eigenvalue weighted by Gasteiger charge is -2.10. The van der Waals surface area contributed by atoms with Gasteiger partial charge in [-0.15, -0.1) is 0 Å². The number of fused-ring (bicyclic) bond motifs is 1. The van der Waals surface area contributed by atoms with E-state index in [1.807, 2.05) is 92.9 Å². The Morgan fingerprint density at radius 3 is 1.53 bits per heavy atom. The van der Waals surface area contributed by atoms with Crippen molar-refractivity contribution in [3.05, 3.63) is 240 Å². The molecule has 0 unspecified atom stereocenters. The minimum absolute atomic E-state index is 0.509. The number of aliphatic imine (C=N–C) groups is 2. The van der Waals surface area contributed by atoms with Gasteiger partial charge in [0.2, 0.25) is 0 Å². The summed E-state index contributed by atoms with van der Waals surface area (Å²) in [4.78, 5) is 9.10. The van der Waals surface area contributed by atoms with Gasteiger partial charge in [0.25, 0.3) is 0 Å². The van der Waals surface area contributed by atoms with E-state index in [9.17, 15) is 0 Å². The Hall–Kier alpha value is -7.43. The van der Waals surface area contributed by atoms with Crippen LogP contribution in [-0.2, 0) is 6.42 Å². The first-order chi connectivity index (χ1) is 29.5. The van der Waals surface area contributed by atoms with Crippen molar-refractivity contribution in [1.29, 1.82) is 5.41 Å². The summed E-state index contributed by atoms with van der Waals surface area (Å²) >= 11 is 0. The van der Waals surface area contributed by atoms with Crippen molar-refractivity contribution >= 4 is 40.3 Å². The highest BCUT2D eigenvalue weighted by molar-refractivity contribution is 6.17. The molecule has 0 bridgehead atoms. The van der Waals surface area contributed by atoms with Crippen LogP contribution in [0.1, 0.15) is 48.6 Å². The van der Waals surface area contributed by atoms with Crippen molar-refractivity contribution in [3.8, 4) is 22.3 Å². The fourth-order valence-electron chi connectivity index (χ4n) is 6.82. The summed E-state index contributed by atoms with van der Waals surface area (Å²) in [6.07, 6.45) is 4.23. The van der Waals surface area contributed by atoms with Gasteiger partial charge >= 0.3 is 0 Å². The highest BCUT2D eigenvalue weighted by Gasteiger charge is 2.14. The van der Waals surface area contributed by atoms with Crippen molar-refractivity contribution in [2.24, 2.45) is 15.7 Å². The van der Waals surface area contributed by atoms with E-state index in [1.165, 1.54) is 50.4 Å². The summed E-state index contributed by atoms with van der Waals surface area (Å²) in [6, 6.07) is 70.6. The van der Waals surface area contributed by atoms with Gasteiger partial charge in [0.15, 0.2) is 0 Å². The van der Waals surface area contributed by atoms with Gasteiger partial charge in [0.05, 0.1) is 12.2 Å². The van der Waals surface area contributed by atoms with Gasteiger partial charge in [-0.1, -0.05) is 208 Å². The minimum atomic E-state index is 0.509. The second-order valence-corrected chi connectivity index (χ2v) is 14.1. The van der Waals surface area contributed by atoms with Gasteiger partial charge in [-0.2, -0.15) is 0 Å². The zero-order chi connectivity index (χ0) is 41.9. The summed E-state index contributed by atoms with van der Waals surface area (Å²) in [7, 11) is 0. The molecule has 0 aromatic heterocycles. The number of allylic oxidation sites excluding steroid dienone is 1. The maximum atomic E-state index is 7.09. The molecule has 60 heavy (non-hydrogen) atoms. The standard InChI is InChI=1S/C31H27N3.C13H11N.C10H8.C2H6/c1-22-20-33-21-30(22)28-9-5-6-10-29(28)31(32)34-27-17-15-26(16-18-27)25-13-11-24(12-14-25)19-23-7-3-2-4-8-23;14-10-11-6-8-13(9-7-11)12-4-2-1-3-5-12;1-2-6-10-8-4-3-7-9(10)5-1;1-2/h2-18,21H,19-20H2,1H3,(H2,32,34);1-10,14H;1-8H;1-2H3. The molecule has 9 rings (SSSR count). The zero-order valence-corrected chi connectivity index (χ0v) is 34.7. The molecular weight excluding hydrogens is 729 g/mol. The van der Waals surface area contributed by atoms with Crippen LogP contribution in [0.3, 0.4) is 0 Å². The SMILES string of the molecule is CC.CC1=C(c2ccccc2C(N)=Nc2ccc(-c3ccc(Cc4ccccc4)cc3)cc2)C=NC1.N=Cc1ccc(-c2ccccc2)cc1.c1ccc2ccccc2c1. The second kappa shape index (κ2) is 21.9. The number of nitrogens with one attached hydrogen (secondary N) is 1. The lowest BCUT2D eigenvalue weighted by Crippen LogP contribution is -2.15. The molecule has 1 aliphatic heterocycles. The van der Waals surface area contributed by atoms with Crippen LogP contribution in [0.15, 0.2) is 222 Å². The maximum Gasteiger partial charge on any atom is 0.131 e. The van der Waals surface area contributed by atoms with E-state index in [0.717, 1.165) is 46.5 Å². The molecule has 0 aliphatic carbocycles. The number of rotatable bonds is 8. The Balaban J connectivity index is 0.000000188. The summed E-state index contributed by atoms with van der Waals surface area (Å²) < 4.78 is 0. The number of amidine groups is 1. The highest BCUT2D eigenvalue weighted by atomic mass is 14.9. The molecule has 8 aromatic carbocycles. The largest absolute Gasteiger partial charge is 0.383 e. The summed E-state index contributed by atoms with van der Waals surface area (Å²) in [5.74, 6) is 0.509. The van der Waals surface area contributed by atoms with Crippen molar-refractivity contribution in [2.75, 3.05) is 6.54 Å². The lowest BCUT2D eigenvalue weighted by molar-refractivity contribution is 1.18. The molecule has 0 saturated carbocycles. The Morgan fingerprint density at radius 2 is 1.00 bits per heavy atom. The highest BCUT2D eigenvalue weighted by Crippen LogP contribution is 2.27. The fraction of sp³-hybridized carbons (Fsp3) is 0.0893. The molecule has 4 nitrogen and oxygen atoms in total. The van der Waals surface area contributed by atoms with Crippen molar-refractivity contribution in [2.45, 2.75) is 27.2 Å². The van der Waals surface area contributed by atoms with Crippen LogP contribution in [0.2, 0.25) is 0 Å². The lowest BCUT2D eigenvalue weighted by atomic mass is 9.97. The summed E-state index contributed by atoms with van der Waals surface area (Å²) in [5.41, 5.74) is 20.0. The maximum absolute atomic E-state index is 7.09. The van der Waals surface area contributed by atoms with Gasteiger partial charge in [0.1, 0.15) is 5.84 Å². The molecule has 0 saturated heterocycles.